The second-order valence-corrected chi connectivity index (χ2v) is 9.00. The molecule has 0 amide bonds. The van der Waals surface area contributed by atoms with Crippen LogP contribution in [0.3, 0.4) is 0 Å². The lowest BCUT2D eigenvalue weighted by Crippen LogP contribution is -2.25. The van der Waals surface area contributed by atoms with Crippen molar-refractivity contribution in [2.24, 2.45) is 0 Å². The van der Waals surface area contributed by atoms with Crippen molar-refractivity contribution in [1.82, 2.24) is 14.3 Å². The van der Waals surface area contributed by atoms with E-state index in [-0.39, 0.29) is 5.88 Å². The van der Waals surface area contributed by atoms with E-state index in [1.54, 1.807) is 33.8 Å². The monoisotopic (exact) mass is 499 g/mol. The van der Waals surface area contributed by atoms with Gasteiger partial charge in [0.25, 0.3) is 0 Å². The van der Waals surface area contributed by atoms with Crippen LogP contribution in [0.5, 0.6) is 11.6 Å². The molecule has 3 aromatic heterocycles. The fourth-order valence-electron chi connectivity index (χ4n) is 2.61. The third-order valence-corrected chi connectivity index (χ3v) is 5.01. The Labute approximate surface area is 196 Å². The lowest BCUT2D eigenvalue weighted by molar-refractivity contribution is -0.154. The van der Waals surface area contributed by atoms with Crippen molar-refractivity contribution in [1.29, 1.82) is 0 Å². The van der Waals surface area contributed by atoms with Crippen molar-refractivity contribution in [3.05, 3.63) is 53.0 Å². The molecule has 3 rings (SSSR count). The summed E-state index contributed by atoms with van der Waals surface area (Å²) in [5.41, 5.74) is -0.393. The summed E-state index contributed by atoms with van der Waals surface area (Å²) in [6.07, 6.45) is -2.35. The second kappa shape index (κ2) is 9.92. The SMILES string of the molecule is C[C@@H](Oc1ccc(OCC(F)(F)F)nc1)c1cc(-c2cnc(C(=O)OC(C)(C)C)c(F)c2)ns1. The van der Waals surface area contributed by atoms with E-state index in [4.69, 9.17) is 9.47 Å². The number of nitrogens with zero attached hydrogens (tertiary/aromatic N) is 3. The van der Waals surface area contributed by atoms with Gasteiger partial charge in [0.1, 0.15) is 17.5 Å². The molecule has 0 unspecified atom stereocenters. The first kappa shape index (κ1) is 25.3. The zero-order chi connectivity index (χ0) is 25.1. The minimum atomic E-state index is -4.45. The van der Waals surface area contributed by atoms with Crippen LogP contribution in [-0.2, 0) is 4.74 Å². The highest BCUT2D eigenvalue weighted by molar-refractivity contribution is 7.06. The predicted octanol–water partition coefficient (Wildman–Crippen LogP) is 5.78. The van der Waals surface area contributed by atoms with Crippen molar-refractivity contribution < 1.29 is 36.6 Å². The van der Waals surface area contributed by atoms with Gasteiger partial charge < -0.3 is 14.2 Å². The second-order valence-electron chi connectivity index (χ2n) is 8.17. The van der Waals surface area contributed by atoms with E-state index in [2.05, 4.69) is 19.1 Å². The van der Waals surface area contributed by atoms with E-state index >= 15 is 0 Å². The maximum Gasteiger partial charge on any atom is 0.422 e. The first-order chi connectivity index (χ1) is 15.8. The van der Waals surface area contributed by atoms with Crippen molar-refractivity contribution in [3.8, 4) is 22.9 Å². The van der Waals surface area contributed by atoms with Gasteiger partial charge in [0.05, 0.1) is 16.8 Å². The third kappa shape index (κ3) is 7.11. The quantitative estimate of drug-likeness (QED) is 0.301. The Kier molecular flexibility index (Phi) is 7.39. The van der Waals surface area contributed by atoms with Crippen molar-refractivity contribution in [3.63, 3.8) is 0 Å². The molecule has 182 valence electrons. The molecule has 0 saturated carbocycles. The van der Waals surface area contributed by atoms with Gasteiger partial charge in [-0.1, -0.05) is 0 Å². The van der Waals surface area contributed by atoms with Crippen LogP contribution in [-0.4, -0.2) is 38.7 Å². The summed E-state index contributed by atoms with van der Waals surface area (Å²) in [4.78, 5) is 20.5. The zero-order valence-corrected chi connectivity index (χ0v) is 19.5. The molecule has 0 aliphatic heterocycles. The molecule has 0 aromatic carbocycles. The molecule has 3 heterocycles. The van der Waals surface area contributed by atoms with Crippen LogP contribution >= 0.6 is 11.5 Å². The Hall–Kier alpha value is -3.28. The number of hydrogen-bond acceptors (Lipinski definition) is 8. The van der Waals surface area contributed by atoms with Crippen LogP contribution in [0.1, 0.15) is 49.2 Å². The summed E-state index contributed by atoms with van der Waals surface area (Å²) < 4.78 is 70.9. The summed E-state index contributed by atoms with van der Waals surface area (Å²) >= 11 is 1.12. The molecule has 7 nitrogen and oxygen atoms in total. The predicted molar refractivity (Wildman–Crippen MR) is 115 cm³/mol. The van der Waals surface area contributed by atoms with E-state index in [0.717, 1.165) is 17.6 Å². The van der Waals surface area contributed by atoms with Crippen LogP contribution in [0.4, 0.5) is 17.6 Å². The average Bonchev–Trinajstić information content (AvgIpc) is 3.22. The highest BCUT2D eigenvalue weighted by Gasteiger charge is 2.28. The third-order valence-electron chi connectivity index (χ3n) is 4.06. The number of esters is 1. The van der Waals surface area contributed by atoms with Gasteiger partial charge >= 0.3 is 12.1 Å². The standard InChI is InChI=1S/C22H21F4N3O4S/c1-12(32-14-5-6-18(27-10-14)31-11-22(24,25)26)17-8-16(29-34-17)13-7-15(23)19(28-9-13)20(30)33-21(2,3)4/h5-10,12H,11H2,1-4H3/t12-/m1/s1. The normalized spacial score (nSPS) is 12.8. The average molecular weight is 499 g/mol. The van der Waals surface area contributed by atoms with Gasteiger partial charge in [-0.3, -0.25) is 0 Å². The largest absolute Gasteiger partial charge is 0.484 e. The van der Waals surface area contributed by atoms with E-state index < -0.39 is 42.0 Å². The maximum atomic E-state index is 14.5. The molecule has 0 fully saturated rings. The Morgan fingerprint density at radius 2 is 1.85 bits per heavy atom. The van der Waals surface area contributed by atoms with E-state index in [9.17, 15) is 22.4 Å². The summed E-state index contributed by atoms with van der Waals surface area (Å²) in [6, 6.07) is 5.55. The van der Waals surface area contributed by atoms with Crippen LogP contribution in [0.25, 0.3) is 11.3 Å². The molecular weight excluding hydrogens is 478 g/mol. The molecule has 1 atom stereocenters. The van der Waals surface area contributed by atoms with Gasteiger partial charge in [0.2, 0.25) is 5.88 Å². The molecule has 0 radical (unpaired) electrons. The molecular formula is C22H21F4N3O4S. The number of halogens is 4. The summed E-state index contributed by atoms with van der Waals surface area (Å²) in [5, 5.41) is 0. The number of pyridine rings is 2. The van der Waals surface area contributed by atoms with Crippen LogP contribution in [0.2, 0.25) is 0 Å². The molecule has 12 heteroatoms. The molecule has 34 heavy (non-hydrogen) atoms. The Morgan fingerprint density at radius 1 is 1.12 bits per heavy atom. The van der Waals surface area contributed by atoms with E-state index in [1.165, 1.54) is 24.5 Å². The summed E-state index contributed by atoms with van der Waals surface area (Å²) in [7, 11) is 0. The fraction of sp³-hybridized carbons (Fsp3) is 0.364. The van der Waals surface area contributed by atoms with Gasteiger partial charge in [-0.15, -0.1) is 0 Å². The minimum Gasteiger partial charge on any atom is -0.484 e. The fourth-order valence-corrected chi connectivity index (χ4v) is 3.33. The van der Waals surface area contributed by atoms with Crippen molar-refractivity contribution in [2.75, 3.05) is 6.61 Å². The number of aromatic nitrogens is 3. The Balaban J connectivity index is 1.65. The number of carbonyl (C=O) groups excluding carboxylic acids is 1. The van der Waals surface area contributed by atoms with Gasteiger partial charge in [0, 0.05) is 17.8 Å². The maximum absolute atomic E-state index is 14.5. The minimum absolute atomic E-state index is 0.179. The van der Waals surface area contributed by atoms with Crippen LogP contribution < -0.4 is 9.47 Å². The molecule has 0 N–H and O–H groups in total. The smallest absolute Gasteiger partial charge is 0.422 e. The number of alkyl halides is 3. The molecule has 0 saturated heterocycles. The first-order valence-corrected chi connectivity index (χ1v) is 10.8. The molecule has 0 aliphatic rings. The van der Waals surface area contributed by atoms with Gasteiger partial charge in [0.15, 0.2) is 18.1 Å². The van der Waals surface area contributed by atoms with Gasteiger partial charge in [-0.05, 0) is 57.4 Å². The topological polar surface area (TPSA) is 83.4 Å². The zero-order valence-electron chi connectivity index (χ0n) is 18.6. The number of carbonyl (C=O) groups is 1. The lowest BCUT2D eigenvalue weighted by atomic mass is 10.1. The molecule has 3 aromatic rings. The van der Waals surface area contributed by atoms with E-state index in [1.807, 2.05) is 0 Å². The number of rotatable bonds is 7. The Bertz CT molecular complexity index is 1140. The van der Waals surface area contributed by atoms with Gasteiger partial charge in [-0.25, -0.2) is 19.2 Å². The highest BCUT2D eigenvalue weighted by atomic mass is 32.1. The van der Waals surface area contributed by atoms with Crippen LogP contribution in [0.15, 0.2) is 36.7 Å². The van der Waals surface area contributed by atoms with Crippen LogP contribution in [0, 0.1) is 5.82 Å². The first-order valence-electron chi connectivity index (χ1n) is 9.99. The van der Waals surface area contributed by atoms with E-state index in [0.29, 0.717) is 21.9 Å². The summed E-state index contributed by atoms with van der Waals surface area (Å²) in [6.45, 7) is 5.32. The molecule has 0 spiro atoms. The Morgan fingerprint density at radius 3 is 2.44 bits per heavy atom. The molecule has 0 bridgehead atoms. The van der Waals surface area contributed by atoms with Crippen molar-refractivity contribution in [2.45, 2.75) is 45.6 Å². The van der Waals surface area contributed by atoms with Gasteiger partial charge in [-0.2, -0.15) is 17.5 Å². The van der Waals surface area contributed by atoms with Crippen molar-refractivity contribution >= 4 is 17.5 Å². The molecule has 0 aliphatic carbocycles. The highest BCUT2D eigenvalue weighted by Crippen LogP contribution is 2.30. The lowest BCUT2D eigenvalue weighted by Gasteiger charge is -2.19. The summed E-state index contributed by atoms with van der Waals surface area (Å²) in [5.74, 6) is -1.55. The number of ether oxygens (including phenoxy) is 3. The number of hydrogen-bond donors (Lipinski definition) is 0.